The van der Waals surface area contributed by atoms with E-state index in [1.54, 1.807) is 29.2 Å². The lowest BCUT2D eigenvalue weighted by molar-refractivity contribution is -0.133. The van der Waals surface area contributed by atoms with Gasteiger partial charge in [-0.1, -0.05) is 48.5 Å². The fourth-order valence-corrected chi connectivity index (χ4v) is 3.43. The summed E-state index contributed by atoms with van der Waals surface area (Å²) in [6.07, 6.45) is 0.768. The van der Waals surface area contributed by atoms with Crippen molar-refractivity contribution < 1.29 is 19.5 Å². The third-order valence-electron chi connectivity index (χ3n) is 4.79. The van der Waals surface area contributed by atoms with Gasteiger partial charge in [-0.25, -0.2) is 4.79 Å². The molecule has 1 heterocycles. The van der Waals surface area contributed by atoms with Crippen LogP contribution in [0.2, 0.25) is 0 Å². The van der Waals surface area contributed by atoms with E-state index in [1.807, 2.05) is 30.3 Å². The van der Waals surface area contributed by atoms with Crippen molar-refractivity contribution in [3.8, 4) is 0 Å². The van der Waals surface area contributed by atoms with Gasteiger partial charge >= 0.3 is 5.97 Å². The number of hydrogen-bond donors (Lipinski definition) is 2. The highest BCUT2D eigenvalue weighted by molar-refractivity contribution is 5.89. The van der Waals surface area contributed by atoms with Crippen LogP contribution in [0.4, 0.5) is 0 Å². The van der Waals surface area contributed by atoms with Crippen LogP contribution >= 0.6 is 0 Å². The van der Waals surface area contributed by atoms with Gasteiger partial charge in [-0.2, -0.15) is 0 Å². The predicted molar refractivity (Wildman–Crippen MR) is 100 cm³/mol. The van der Waals surface area contributed by atoms with Crippen LogP contribution in [-0.2, 0) is 16.0 Å². The third kappa shape index (κ3) is 4.53. The molecule has 2 N–H and O–H groups in total. The zero-order chi connectivity index (χ0) is 19.2. The number of aryl methyl sites for hydroxylation is 1. The first kappa shape index (κ1) is 18.6. The highest BCUT2D eigenvalue weighted by atomic mass is 16.4. The van der Waals surface area contributed by atoms with Gasteiger partial charge in [0.15, 0.2) is 0 Å². The van der Waals surface area contributed by atoms with Gasteiger partial charge in [0.05, 0.1) is 18.0 Å². The van der Waals surface area contributed by atoms with Crippen LogP contribution in [0, 0.1) is 0 Å². The molecule has 1 aliphatic heterocycles. The van der Waals surface area contributed by atoms with Crippen molar-refractivity contribution in [3.05, 3.63) is 71.3 Å². The second-order valence-corrected chi connectivity index (χ2v) is 6.53. The van der Waals surface area contributed by atoms with Gasteiger partial charge in [0.1, 0.15) is 0 Å². The lowest BCUT2D eigenvalue weighted by atomic mass is 9.99. The summed E-state index contributed by atoms with van der Waals surface area (Å²) in [4.78, 5) is 38.0. The van der Waals surface area contributed by atoms with Gasteiger partial charge in [0, 0.05) is 19.5 Å². The Balaban J connectivity index is 1.77. The Morgan fingerprint density at radius 1 is 1.07 bits per heavy atom. The smallest absolute Gasteiger partial charge is 0.335 e. The summed E-state index contributed by atoms with van der Waals surface area (Å²) in [6.45, 7) is 0.852. The van der Waals surface area contributed by atoms with Gasteiger partial charge in [0.25, 0.3) is 0 Å². The van der Waals surface area contributed by atoms with Crippen LogP contribution in [0.1, 0.15) is 40.4 Å². The molecule has 1 saturated heterocycles. The number of rotatable bonds is 5. The van der Waals surface area contributed by atoms with Crippen LogP contribution in [-0.4, -0.2) is 40.9 Å². The Morgan fingerprint density at radius 3 is 2.52 bits per heavy atom. The molecule has 27 heavy (non-hydrogen) atoms. The quantitative estimate of drug-likeness (QED) is 0.851. The number of nitrogens with one attached hydrogen (secondary N) is 1. The highest BCUT2D eigenvalue weighted by Crippen LogP contribution is 2.26. The maximum Gasteiger partial charge on any atom is 0.335 e. The van der Waals surface area contributed by atoms with E-state index in [2.05, 4.69) is 5.32 Å². The fraction of sp³-hybridized carbons (Fsp3) is 0.286. The number of carboxylic acid groups (broad SMARTS) is 1. The van der Waals surface area contributed by atoms with E-state index in [4.69, 9.17) is 0 Å². The first-order valence-corrected chi connectivity index (χ1v) is 8.98. The summed E-state index contributed by atoms with van der Waals surface area (Å²) in [7, 11) is 0. The van der Waals surface area contributed by atoms with Crippen LogP contribution < -0.4 is 5.32 Å². The topological polar surface area (TPSA) is 86.7 Å². The molecule has 0 spiro atoms. The van der Waals surface area contributed by atoms with Crippen molar-refractivity contribution in [2.24, 2.45) is 0 Å². The first-order chi connectivity index (χ1) is 13.1. The van der Waals surface area contributed by atoms with E-state index in [1.165, 1.54) is 0 Å². The summed E-state index contributed by atoms with van der Waals surface area (Å²) in [5, 5.41) is 12.1. The van der Waals surface area contributed by atoms with E-state index in [0.29, 0.717) is 25.1 Å². The van der Waals surface area contributed by atoms with Crippen molar-refractivity contribution in [2.75, 3.05) is 13.1 Å². The number of carboxylic acids is 1. The molecule has 0 bridgehead atoms. The Hall–Kier alpha value is -3.15. The summed E-state index contributed by atoms with van der Waals surface area (Å²) in [5.41, 5.74) is 1.78. The van der Waals surface area contributed by atoms with Crippen LogP contribution in [0.3, 0.4) is 0 Å². The summed E-state index contributed by atoms with van der Waals surface area (Å²) < 4.78 is 0. The minimum atomic E-state index is -0.996. The molecule has 140 valence electrons. The summed E-state index contributed by atoms with van der Waals surface area (Å²) in [5.74, 6) is -1.15. The van der Waals surface area contributed by atoms with E-state index in [9.17, 15) is 19.5 Å². The molecule has 3 rings (SSSR count). The van der Waals surface area contributed by atoms with Crippen molar-refractivity contribution in [2.45, 2.75) is 25.3 Å². The fourth-order valence-electron chi connectivity index (χ4n) is 3.43. The third-order valence-corrected chi connectivity index (χ3v) is 4.79. The van der Waals surface area contributed by atoms with Crippen LogP contribution in [0.25, 0.3) is 0 Å². The van der Waals surface area contributed by atoms with E-state index >= 15 is 0 Å². The number of benzene rings is 2. The predicted octanol–water partition coefficient (Wildman–Crippen LogP) is 2.41. The maximum absolute atomic E-state index is 12.9. The number of hydrogen-bond acceptors (Lipinski definition) is 3. The van der Waals surface area contributed by atoms with Crippen molar-refractivity contribution in [1.29, 1.82) is 0 Å². The summed E-state index contributed by atoms with van der Waals surface area (Å²) >= 11 is 0. The normalized spacial score (nSPS) is 17.1. The number of nitrogens with zero attached hydrogens (tertiary/aromatic N) is 1. The largest absolute Gasteiger partial charge is 0.478 e. The molecular formula is C21H22N2O4. The molecule has 1 fully saturated rings. The minimum absolute atomic E-state index is 0.0737. The molecule has 1 atom stereocenters. The van der Waals surface area contributed by atoms with Gasteiger partial charge in [0.2, 0.25) is 11.8 Å². The summed E-state index contributed by atoms with van der Waals surface area (Å²) in [6, 6.07) is 15.9. The monoisotopic (exact) mass is 366 g/mol. The van der Waals surface area contributed by atoms with E-state index in [-0.39, 0.29) is 36.3 Å². The second-order valence-electron chi connectivity index (χ2n) is 6.53. The molecule has 0 saturated carbocycles. The molecule has 6 nitrogen and oxygen atoms in total. The molecule has 0 radical (unpaired) electrons. The number of carbonyl (C=O) groups is 3. The first-order valence-electron chi connectivity index (χ1n) is 8.98. The van der Waals surface area contributed by atoms with Gasteiger partial charge < -0.3 is 15.3 Å². The molecule has 0 aromatic heterocycles. The zero-order valence-corrected chi connectivity index (χ0v) is 14.9. The molecule has 2 aromatic carbocycles. The number of aromatic carboxylic acids is 1. The number of carbonyl (C=O) groups excluding carboxylic acids is 2. The lowest BCUT2D eigenvalue weighted by Gasteiger charge is -2.29. The van der Waals surface area contributed by atoms with Crippen LogP contribution in [0.15, 0.2) is 54.6 Å². The van der Waals surface area contributed by atoms with Crippen molar-refractivity contribution in [3.63, 3.8) is 0 Å². The maximum atomic E-state index is 12.9. The molecule has 1 unspecified atom stereocenters. The molecule has 1 aliphatic rings. The lowest BCUT2D eigenvalue weighted by Crippen LogP contribution is -2.36. The Kier molecular flexibility index (Phi) is 5.86. The van der Waals surface area contributed by atoms with Crippen LogP contribution in [0.5, 0.6) is 0 Å². The highest BCUT2D eigenvalue weighted by Gasteiger charge is 2.29. The molecule has 6 heteroatoms. The van der Waals surface area contributed by atoms with E-state index < -0.39 is 5.97 Å². The second kappa shape index (κ2) is 8.49. The Morgan fingerprint density at radius 2 is 1.78 bits per heavy atom. The minimum Gasteiger partial charge on any atom is -0.478 e. The average Bonchev–Trinajstić information content (AvgIpc) is 2.88. The van der Waals surface area contributed by atoms with Crippen molar-refractivity contribution in [1.82, 2.24) is 10.2 Å². The van der Waals surface area contributed by atoms with E-state index in [0.717, 1.165) is 5.56 Å². The molecular weight excluding hydrogens is 344 g/mol. The van der Waals surface area contributed by atoms with Crippen molar-refractivity contribution >= 4 is 17.8 Å². The molecule has 0 aliphatic carbocycles. The Bertz CT molecular complexity index is 835. The average molecular weight is 366 g/mol. The van der Waals surface area contributed by atoms with Gasteiger partial charge in [-0.15, -0.1) is 0 Å². The van der Waals surface area contributed by atoms with Gasteiger partial charge in [-0.3, -0.25) is 9.59 Å². The molecule has 2 aromatic rings. The zero-order valence-electron chi connectivity index (χ0n) is 14.9. The SMILES string of the molecule is O=C1CC(c2ccccc2)N(C(=O)CCc2ccccc2C(=O)O)CCN1. The number of amides is 2. The standard InChI is InChI=1S/C21H22N2O4/c24-19-14-18(16-7-2-1-3-8-16)23(13-12-22-19)20(25)11-10-15-6-4-5-9-17(15)21(26)27/h1-9,18H,10-14H2,(H,22,24)(H,26,27). The molecule has 2 amide bonds. The van der Waals surface area contributed by atoms with Gasteiger partial charge in [-0.05, 0) is 23.6 Å². The Labute approximate surface area is 157 Å².